The highest BCUT2D eigenvalue weighted by Crippen LogP contribution is 2.36. The first-order chi connectivity index (χ1) is 14.0. The number of fused-ring (bicyclic) bond motifs is 2. The summed E-state index contributed by atoms with van der Waals surface area (Å²) in [6.45, 7) is 4.09. The number of halogens is 1. The molecule has 0 saturated carbocycles. The lowest BCUT2D eigenvalue weighted by molar-refractivity contribution is 0.0953. The molecule has 4 aromatic rings. The van der Waals surface area contributed by atoms with Gasteiger partial charge in [0.2, 0.25) is 5.13 Å². The summed E-state index contributed by atoms with van der Waals surface area (Å²) in [6.07, 6.45) is 1.31. The lowest BCUT2D eigenvalue weighted by atomic mass is 9.88. The number of aromatic nitrogens is 3. The van der Waals surface area contributed by atoms with Crippen molar-refractivity contribution in [1.82, 2.24) is 14.8 Å². The molecule has 0 aliphatic heterocycles. The molecule has 2 aromatic carbocycles. The van der Waals surface area contributed by atoms with Gasteiger partial charge in [-0.05, 0) is 49.1 Å². The Morgan fingerprint density at radius 1 is 1.21 bits per heavy atom. The highest BCUT2D eigenvalue weighted by Gasteiger charge is 2.32. The average Bonchev–Trinajstić information content (AvgIpc) is 3.25. The second-order valence-corrected chi connectivity index (χ2v) is 9.01. The number of aryl methyl sites for hydroxylation is 1. The van der Waals surface area contributed by atoms with Gasteiger partial charge in [0.25, 0.3) is 0 Å². The van der Waals surface area contributed by atoms with Crippen molar-refractivity contribution < 1.29 is 4.79 Å². The normalized spacial score (nSPS) is 16.2. The SMILES string of the molecule is Cc1ccc(Nc2nn(-c3nc4ccccc4s3)c3c2C(=O)CC(C)C3)c(Cl)c1. The van der Waals surface area contributed by atoms with Gasteiger partial charge in [-0.25, -0.2) is 9.67 Å². The van der Waals surface area contributed by atoms with Crippen molar-refractivity contribution in [3.63, 3.8) is 0 Å². The van der Waals surface area contributed by atoms with Crippen LogP contribution >= 0.6 is 22.9 Å². The number of nitrogens with one attached hydrogen (secondary N) is 1. The molecule has 7 heteroatoms. The maximum absolute atomic E-state index is 12.9. The van der Waals surface area contributed by atoms with Gasteiger partial charge in [0.05, 0.1) is 32.2 Å². The van der Waals surface area contributed by atoms with E-state index in [1.807, 2.05) is 54.1 Å². The number of para-hydroxylation sites is 1. The lowest BCUT2D eigenvalue weighted by Gasteiger charge is -2.18. The lowest BCUT2D eigenvalue weighted by Crippen LogP contribution is -2.19. The Kier molecular flexibility index (Phi) is 4.41. The van der Waals surface area contributed by atoms with E-state index >= 15 is 0 Å². The van der Waals surface area contributed by atoms with E-state index in [2.05, 4.69) is 12.2 Å². The van der Waals surface area contributed by atoms with Crippen molar-refractivity contribution >= 4 is 50.4 Å². The van der Waals surface area contributed by atoms with E-state index in [0.29, 0.717) is 22.8 Å². The fourth-order valence-corrected chi connectivity index (χ4v) is 5.03. The van der Waals surface area contributed by atoms with E-state index in [0.717, 1.165) is 38.7 Å². The van der Waals surface area contributed by atoms with Gasteiger partial charge < -0.3 is 5.32 Å². The van der Waals surface area contributed by atoms with Crippen LogP contribution in [-0.2, 0) is 6.42 Å². The number of carbonyl (C=O) groups is 1. The maximum atomic E-state index is 12.9. The number of ketones is 1. The summed E-state index contributed by atoms with van der Waals surface area (Å²) in [5.74, 6) is 0.925. The molecule has 0 bridgehead atoms. The third-order valence-electron chi connectivity index (χ3n) is 5.18. The van der Waals surface area contributed by atoms with Crippen LogP contribution in [0.2, 0.25) is 5.02 Å². The second-order valence-electron chi connectivity index (χ2n) is 7.59. The monoisotopic (exact) mass is 422 g/mol. The zero-order valence-electron chi connectivity index (χ0n) is 16.1. The Labute approximate surface area is 177 Å². The predicted molar refractivity (Wildman–Crippen MR) is 118 cm³/mol. The summed E-state index contributed by atoms with van der Waals surface area (Å²) < 4.78 is 2.93. The molecule has 0 fully saturated rings. The van der Waals surface area contributed by atoms with Gasteiger partial charge in [-0.3, -0.25) is 4.79 Å². The van der Waals surface area contributed by atoms with Crippen LogP contribution in [0.15, 0.2) is 42.5 Å². The first-order valence-electron chi connectivity index (χ1n) is 9.54. The van der Waals surface area contributed by atoms with Gasteiger partial charge in [-0.1, -0.05) is 48.1 Å². The van der Waals surface area contributed by atoms with Crippen LogP contribution in [-0.4, -0.2) is 20.5 Å². The smallest absolute Gasteiger partial charge is 0.211 e. The number of benzene rings is 2. The molecule has 1 aliphatic carbocycles. The molecule has 146 valence electrons. The molecule has 2 aromatic heterocycles. The number of Topliss-reactive ketones (excluding diaryl/α,β-unsaturated/α-hetero) is 1. The van der Waals surface area contributed by atoms with Crippen molar-refractivity contribution in [2.45, 2.75) is 26.7 Å². The molecule has 0 saturated heterocycles. The summed E-state index contributed by atoms with van der Waals surface area (Å²) in [4.78, 5) is 17.7. The molecule has 1 N–H and O–H groups in total. The van der Waals surface area contributed by atoms with Crippen LogP contribution in [0.1, 0.15) is 35.0 Å². The summed E-state index contributed by atoms with van der Waals surface area (Å²) >= 11 is 7.98. The number of anilines is 2. The minimum Gasteiger partial charge on any atom is -0.337 e. The minimum absolute atomic E-state index is 0.108. The van der Waals surface area contributed by atoms with Crippen LogP contribution in [0, 0.1) is 12.8 Å². The van der Waals surface area contributed by atoms with Crippen molar-refractivity contribution in [3.8, 4) is 5.13 Å². The maximum Gasteiger partial charge on any atom is 0.211 e. The summed E-state index contributed by atoms with van der Waals surface area (Å²) in [5, 5.41) is 9.44. The molecular weight excluding hydrogens is 404 g/mol. The number of nitrogens with zero attached hydrogens (tertiary/aromatic N) is 3. The Balaban J connectivity index is 1.66. The quantitative estimate of drug-likeness (QED) is 0.443. The number of thiazole rings is 1. The van der Waals surface area contributed by atoms with Crippen LogP contribution in [0.5, 0.6) is 0 Å². The Morgan fingerprint density at radius 2 is 2.03 bits per heavy atom. The van der Waals surface area contributed by atoms with Gasteiger partial charge in [0.15, 0.2) is 11.6 Å². The third-order valence-corrected chi connectivity index (χ3v) is 6.50. The molecule has 0 spiro atoms. The molecule has 1 atom stereocenters. The van der Waals surface area contributed by atoms with Crippen LogP contribution in [0.25, 0.3) is 15.3 Å². The van der Waals surface area contributed by atoms with Crippen LogP contribution < -0.4 is 5.32 Å². The molecular formula is C22H19ClN4OS. The first-order valence-corrected chi connectivity index (χ1v) is 10.7. The molecule has 1 aliphatic rings. The molecule has 0 amide bonds. The Morgan fingerprint density at radius 3 is 2.83 bits per heavy atom. The van der Waals surface area contributed by atoms with E-state index in [9.17, 15) is 4.79 Å². The van der Waals surface area contributed by atoms with Crippen LogP contribution in [0.4, 0.5) is 11.5 Å². The van der Waals surface area contributed by atoms with Gasteiger partial charge in [0.1, 0.15) is 0 Å². The van der Waals surface area contributed by atoms with Crippen molar-refractivity contribution in [1.29, 1.82) is 0 Å². The summed E-state index contributed by atoms with van der Waals surface area (Å²) in [6, 6.07) is 13.8. The Hall–Kier alpha value is -2.70. The largest absolute Gasteiger partial charge is 0.337 e. The summed E-state index contributed by atoms with van der Waals surface area (Å²) in [7, 11) is 0. The van der Waals surface area contributed by atoms with Gasteiger partial charge in [-0.15, -0.1) is 5.10 Å². The van der Waals surface area contributed by atoms with E-state index in [1.165, 1.54) is 0 Å². The van der Waals surface area contributed by atoms with E-state index in [-0.39, 0.29) is 11.7 Å². The predicted octanol–water partition coefficient (Wildman–Crippen LogP) is 5.95. The highest BCUT2D eigenvalue weighted by atomic mass is 35.5. The molecule has 29 heavy (non-hydrogen) atoms. The summed E-state index contributed by atoms with van der Waals surface area (Å²) in [5.41, 5.74) is 4.31. The fourth-order valence-electron chi connectivity index (χ4n) is 3.80. The molecule has 1 unspecified atom stereocenters. The standard InChI is InChI=1S/C22H19ClN4OS/c1-12-7-8-15(14(23)9-12)24-21-20-17(10-13(2)11-18(20)28)27(26-21)22-25-16-5-3-4-6-19(16)29-22/h3-9,13H,10-11H2,1-2H3,(H,24,26). The van der Waals surface area contributed by atoms with Crippen LogP contribution in [0.3, 0.4) is 0 Å². The van der Waals surface area contributed by atoms with Crippen molar-refractivity contribution in [3.05, 3.63) is 64.3 Å². The van der Waals surface area contributed by atoms with E-state index < -0.39 is 0 Å². The van der Waals surface area contributed by atoms with Gasteiger partial charge >= 0.3 is 0 Å². The average molecular weight is 423 g/mol. The number of carbonyl (C=O) groups excluding carboxylic acids is 1. The van der Waals surface area contributed by atoms with Gasteiger partial charge in [0, 0.05) is 6.42 Å². The molecule has 0 radical (unpaired) electrons. The second kappa shape index (κ2) is 6.97. The van der Waals surface area contributed by atoms with E-state index in [4.69, 9.17) is 21.7 Å². The van der Waals surface area contributed by atoms with Gasteiger partial charge in [-0.2, -0.15) is 0 Å². The van der Waals surface area contributed by atoms with Crippen molar-refractivity contribution in [2.24, 2.45) is 5.92 Å². The zero-order chi connectivity index (χ0) is 20.1. The van der Waals surface area contributed by atoms with Crippen molar-refractivity contribution in [2.75, 3.05) is 5.32 Å². The molecule has 2 heterocycles. The molecule has 5 rings (SSSR count). The number of rotatable bonds is 3. The highest BCUT2D eigenvalue weighted by molar-refractivity contribution is 7.20. The first kappa shape index (κ1) is 18.3. The number of hydrogen-bond donors (Lipinski definition) is 1. The topological polar surface area (TPSA) is 59.8 Å². The third kappa shape index (κ3) is 3.22. The zero-order valence-corrected chi connectivity index (χ0v) is 17.6. The molecule has 5 nitrogen and oxygen atoms in total. The Bertz CT molecular complexity index is 1230. The number of hydrogen-bond acceptors (Lipinski definition) is 5. The minimum atomic E-state index is 0.108. The van der Waals surface area contributed by atoms with E-state index in [1.54, 1.807) is 11.3 Å². The fraction of sp³-hybridized carbons (Fsp3) is 0.227.